The van der Waals surface area contributed by atoms with Crippen molar-refractivity contribution in [2.75, 3.05) is 39.2 Å². The van der Waals surface area contributed by atoms with Crippen molar-refractivity contribution < 1.29 is 9.47 Å². The Bertz CT molecular complexity index is 343. The van der Waals surface area contributed by atoms with Crippen LogP contribution in [0.5, 0.6) is 0 Å². The smallest absolute Gasteiger partial charge is 0.0700 e. The van der Waals surface area contributed by atoms with Crippen molar-refractivity contribution in [3.63, 3.8) is 0 Å². The molecule has 1 unspecified atom stereocenters. The van der Waals surface area contributed by atoms with Crippen molar-refractivity contribution in [3.05, 3.63) is 29.8 Å². The van der Waals surface area contributed by atoms with E-state index in [0.29, 0.717) is 19.3 Å². The van der Waals surface area contributed by atoms with Gasteiger partial charge in [-0.25, -0.2) is 0 Å². The fourth-order valence-electron chi connectivity index (χ4n) is 1.79. The van der Waals surface area contributed by atoms with Gasteiger partial charge in [0.15, 0.2) is 0 Å². The molecule has 0 aliphatic carbocycles. The summed E-state index contributed by atoms with van der Waals surface area (Å²) < 4.78 is 10.4. The van der Waals surface area contributed by atoms with Gasteiger partial charge in [-0.15, -0.1) is 11.8 Å². The lowest BCUT2D eigenvalue weighted by Crippen LogP contribution is -2.19. The third-order valence-electron chi connectivity index (χ3n) is 3.01. The van der Waals surface area contributed by atoms with Gasteiger partial charge in [0.1, 0.15) is 0 Å². The fraction of sp³-hybridized carbons (Fsp3) is 0.625. The highest BCUT2D eigenvalue weighted by Crippen LogP contribution is 2.20. The monoisotopic (exact) mass is 297 g/mol. The van der Waals surface area contributed by atoms with Crippen LogP contribution in [0.3, 0.4) is 0 Å². The first-order valence-corrected chi connectivity index (χ1v) is 8.29. The molecule has 0 amide bonds. The second kappa shape index (κ2) is 11.1. The average molecular weight is 297 g/mol. The van der Waals surface area contributed by atoms with Gasteiger partial charge in [-0.3, -0.25) is 0 Å². The van der Waals surface area contributed by atoms with Crippen LogP contribution >= 0.6 is 11.8 Å². The van der Waals surface area contributed by atoms with Gasteiger partial charge in [-0.2, -0.15) is 0 Å². The molecule has 1 atom stereocenters. The molecule has 0 saturated carbocycles. The zero-order valence-corrected chi connectivity index (χ0v) is 13.7. The standard InChI is InChI=1S/C16H27NO2S/c1-4-9-17-14(2)15-5-7-16(8-6-15)20-13-12-19-11-10-18-3/h5-8,14,17H,4,9-13H2,1-3H3. The summed E-state index contributed by atoms with van der Waals surface area (Å²) in [5.74, 6) is 0.979. The minimum atomic E-state index is 0.423. The summed E-state index contributed by atoms with van der Waals surface area (Å²) in [7, 11) is 1.69. The van der Waals surface area contributed by atoms with E-state index in [1.54, 1.807) is 7.11 Å². The van der Waals surface area contributed by atoms with E-state index in [1.807, 2.05) is 11.8 Å². The quantitative estimate of drug-likeness (QED) is 0.500. The molecule has 4 heteroatoms. The number of methoxy groups -OCH3 is 1. The first-order chi connectivity index (χ1) is 9.77. The lowest BCUT2D eigenvalue weighted by molar-refractivity contribution is 0.0790. The average Bonchev–Trinajstić information content (AvgIpc) is 2.49. The van der Waals surface area contributed by atoms with E-state index in [4.69, 9.17) is 9.47 Å². The molecule has 0 aliphatic heterocycles. The number of hydrogen-bond acceptors (Lipinski definition) is 4. The summed E-state index contributed by atoms with van der Waals surface area (Å²) in [5, 5.41) is 3.50. The maximum absolute atomic E-state index is 5.45. The molecule has 0 spiro atoms. The van der Waals surface area contributed by atoms with Gasteiger partial charge in [-0.1, -0.05) is 19.1 Å². The van der Waals surface area contributed by atoms with Crippen LogP contribution in [0.15, 0.2) is 29.2 Å². The summed E-state index contributed by atoms with van der Waals surface area (Å²) in [6, 6.07) is 9.23. The number of hydrogen-bond donors (Lipinski definition) is 1. The molecule has 1 N–H and O–H groups in total. The third-order valence-corrected chi connectivity index (χ3v) is 3.99. The van der Waals surface area contributed by atoms with E-state index in [9.17, 15) is 0 Å². The highest BCUT2D eigenvalue weighted by Gasteiger charge is 2.03. The zero-order valence-electron chi connectivity index (χ0n) is 12.9. The van der Waals surface area contributed by atoms with Gasteiger partial charge >= 0.3 is 0 Å². The molecule has 3 nitrogen and oxygen atoms in total. The zero-order chi connectivity index (χ0) is 14.6. The minimum absolute atomic E-state index is 0.423. The van der Waals surface area contributed by atoms with Crippen LogP contribution in [0, 0.1) is 0 Å². The Kier molecular flexibility index (Phi) is 9.75. The van der Waals surface area contributed by atoms with Crippen LogP contribution < -0.4 is 5.32 Å². The number of benzene rings is 1. The van der Waals surface area contributed by atoms with Gasteiger partial charge < -0.3 is 14.8 Å². The molecule has 0 bridgehead atoms. The van der Waals surface area contributed by atoms with Crippen molar-refractivity contribution >= 4 is 11.8 Å². The Hall–Kier alpha value is -0.550. The molecule has 0 aromatic heterocycles. The number of rotatable bonds is 11. The van der Waals surface area contributed by atoms with Crippen molar-refractivity contribution in [2.24, 2.45) is 0 Å². The van der Waals surface area contributed by atoms with Gasteiger partial charge in [0, 0.05) is 23.8 Å². The lowest BCUT2D eigenvalue weighted by atomic mass is 10.1. The van der Waals surface area contributed by atoms with E-state index in [-0.39, 0.29) is 0 Å². The summed E-state index contributed by atoms with van der Waals surface area (Å²) in [5.41, 5.74) is 1.35. The second-order valence-corrected chi connectivity index (χ2v) is 5.87. The van der Waals surface area contributed by atoms with Crippen molar-refractivity contribution in [1.82, 2.24) is 5.32 Å². The van der Waals surface area contributed by atoms with Gasteiger partial charge in [0.25, 0.3) is 0 Å². The molecule has 0 saturated heterocycles. The topological polar surface area (TPSA) is 30.5 Å². The number of nitrogens with one attached hydrogen (secondary N) is 1. The molecule has 0 aliphatic rings. The Balaban J connectivity index is 2.24. The first-order valence-electron chi connectivity index (χ1n) is 7.30. The first kappa shape index (κ1) is 17.5. The SMILES string of the molecule is CCCNC(C)c1ccc(SCCOCCOC)cc1. The molecule has 20 heavy (non-hydrogen) atoms. The molecule has 1 aromatic rings. The van der Waals surface area contributed by atoms with Crippen LogP contribution in [-0.2, 0) is 9.47 Å². The van der Waals surface area contributed by atoms with E-state index in [0.717, 1.165) is 18.9 Å². The Morgan fingerprint density at radius 3 is 2.55 bits per heavy atom. The van der Waals surface area contributed by atoms with Crippen LogP contribution in [0.1, 0.15) is 31.9 Å². The van der Waals surface area contributed by atoms with Gasteiger partial charge in [0.05, 0.1) is 19.8 Å². The van der Waals surface area contributed by atoms with Gasteiger partial charge in [-0.05, 0) is 37.6 Å². The predicted octanol–water partition coefficient (Wildman–Crippen LogP) is 3.50. The molecule has 114 valence electrons. The van der Waals surface area contributed by atoms with Crippen molar-refractivity contribution in [1.29, 1.82) is 0 Å². The largest absolute Gasteiger partial charge is 0.382 e. The predicted molar refractivity (Wildman–Crippen MR) is 86.6 cm³/mol. The van der Waals surface area contributed by atoms with Crippen LogP contribution in [-0.4, -0.2) is 39.2 Å². The van der Waals surface area contributed by atoms with Crippen LogP contribution in [0.25, 0.3) is 0 Å². The Morgan fingerprint density at radius 1 is 1.15 bits per heavy atom. The van der Waals surface area contributed by atoms with E-state index in [1.165, 1.54) is 16.9 Å². The summed E-state index contributed by atoms with van der Waals surface area (Å²) in [4.78, 5) is 1.30. The van der Waals surface area contributed by atoms with E-state index in [2.05, 4.69) is 43.4 Å². The highest BCUT2D eigenvalue weighted by atomic mass is 32.2. The van der Waals surface area contributed by atoms with Crippen LogP contribution in [0.4, 0.5) is 0 Å². The highest BCUT2D eigenvalue weighted by molar-refractivity contribution is 7.99. The van der Waals surface area contributed by atoms with Crippen molar-refractivity contribution in [3.8, 4) is 0 Å². The normalized spacial score (nSPS) is 12.6. The van der Waals surface area contributed by atoms with E-state index >= 15 is 0 Å². The summed E-state index contributed by atoms with van der Waals surface area (Å²) in [6.07, 6.45) is 1.17. The maximum Gasteiger partial charge on any atom is 0.0700 e. The molecular formula is C16H27NO2S. The van der Waals surface area contributed by atoms with Crippen molar-refractivity contribution in [2.45, 2.75) is 31.2 Å². The maximum atomic E-state index is 5.45. The Labute approximate surface area is 127 Å². The molecular weight excluding hydrogens is 270 g/mol. The fourth-order valence-corrected chi connectivity index (χ4v) is 2.56. The van der Waals surface area contributed by atoms with Gasteiger partial charge in [0.2, 0.25) is 0 Å². The Morgan fingerprint density at radius 2 is 1.90 bits per heavy atom. The third kappa shape index (κ3) is 7.29. The number of thioether (sulfide) groups is 1. The minimum Gasteiger partial charge on any atom is -0.382 e. The summed E-state index contributed by atoms with van der Waals surface area (Å²) in [6.45, 7) is 7.58. The molecule has 1 rings (SSSR count). The molecule has 1 aromatic carbocycles. The van der Waals surface area contributed by atoms with E-state index < -0.39 is 0 Å². The summed E-state index contributed by atoms with van der Waals surface area (Å²) >= 11 is 1.83. The lowest BCUT2D eigenvalue weighted by Gasteiger charge is -2.14. The molecule has 0 heterocycles. The number of ether oxygens (including phenoxy) is 2. The second-order valence-electron chi connectivity index (χ2n) is 4.70. The van der Waals surface area contributed by atoms with Crippen LogP contribution in [0.2, 0.25) is 0 Å². The molecule has 0 fully saturated rings. The molecule has 0 radical (unpaired) electrons.